The summed E-state index contributed by atoms with van der Waals surface area (Å²) in [6, 6.07) is 6.34. The average molecular weight is 396 g/mol. The van der Waals surface area contributed by atoms with Crippen molar-refractivity contribution >= 4 is 15.9 Å². The number of rotatable bonds is 6. The van der Waals surface area contributed by atoms with Crippen molar-refractivity contribution in [3.05, 3.63) is 29.8 Å². The summed E-state index contributed by atoms with van der Waals surface area (Å²) in [4.78, 5) is 14.9. The minimum atomic E-state index is -3.56. The molecule has 8 heteroatoms. The molecule has 1 N–H and O–H groups in total. The Labute approximate surface area is 161 Å². The lowest BCUT2D eigenvalue weighted by Crippen LogP contribution is -2.41. The number of ether oxygens (including phenoxy) is 1. The van der Waals surface area contributed by atoms with Crippen LogP contribution in [0.4, 0.5) is 0 Å². The zero-order valence-corrected chi connectivity index (χ0v) is 16.7. The zero-order valence-electron chi connectivity index (χ0n) is 15.9. The number of morpholine rings is 1. The molecule has 150 valence electrons. The Kier molecular flexibility index (Phi) is 6.86. The third kappa shape index (κ3) is 5.28. The molecule has 2 aliphatic heterocycles. The Morgan fingerprint density at radius 3 is 2.78 bits per heavy atom. The Morgan fingerprint density at radius 2 is 2.04 bits per heavy atom. The highest BCUT2D eigenvalue weighted by Crippen LogP contribution is 2.23. The Bertz CT molecular complexity index is 747. The summed E-state index contributed by atoms with van der Waals surface area (Å²) < 4.78 is 32.7. The first kappa shape index (κ1) is 20.3. The second-order valence-electron chi connectivity index (χ2n) is 7.35. The predicted molar refractivity (Wildman–Crippen MR) is 103 cm³/mol. The van der Waals surface area contributed by atoms with E-state index in [0.29, 0.717) is 31.1 Å². The van der Waals surface area contributed by atoms with Gasteiger partial charge in [0.15, 0.2) is 0 Å². The van der Waals surface area contributed by atoms with Gasteiger partial charge in [0.1, 0.15) is 0 Å². The van der Waals surface area contributed by atoms with Gasteiger partial charge in [0, 0.05) is 44.8 Å². The van der Waals surface area contributed by atoms with E-state index in [4.69, 9.17) is 4.74 Å². The molecule has 0 saturated carbocycles. The van der Waals surface area contributed by atoms with Crippen LogP contribution in [0.5, 0.6) is 0 Å². The number of piperidine rings is 1. The molecular weight excluding hydrogens is 366 g/mol. The van der Waals surface area contributed by atoms with E-state index in [-0.39, 0.29) is 10.8 Å². The van der Waals surface area contributed by atoms with E-state index in [1.165, 1.54) is 10.4 Å². The lowest BCUT2D eigenvalue weighted by molar-refractivity contribution is 0.0383. The lowest BCUT2D eigenvalue weighted by Gasteiger charge is -2.30. The number of hydrogen-bond acceptors (Lipinski definition) is 5. The van der Waals surface area contributed by atoms with E-state index in [2.05, 4.69) is 17.1 Å². The fourth-order valence-electron chi connectivity index (χ4n) is 3.57. The fourth-order valence-corrected chi connectivity index (χ4v) is 5.21. The van der Waals surface area contributed by atoms with Crippen LogP contribution in [0.25, 0.3) is 0 Å². The van der Waals surface area contributed by atoms with Crippen molar-refractivity contribution in [1.82, 2.24) is 14.5 Å². The van der Waals surface area contributed by atoms with Gasteiger partial charge in [-0.05, 0) is 37.0 Å². The maximum Gasteiger partial charge on any atom is 0.251 e. The van der Waals surface area contributed by atoms with E-state index < -0.39 is 10.0 Å². The summed E-state index contributed by atoms with van der Waals surface area (Å²) in [6.07, 6.45) is 1.93. The van der Waals surface area contributed by atoms with Gasteiger partial charge in [0.05, 0.1) is 18.1 Å². The summed E-state index contributed by atoms with van der Waals surface area (Å²) in [7, 11) is -3.56. The van der Waals surface area contributed by atoms with Crippen LogP contribution in [-0.2, 0) is 14.8 Å². The molecule has 0 aliphatic carbocycles. The Balaban J connectivity index is 1.61. The highest BCUT2D eigenvalue weighted by Gasteiger charge is 2.29. The van der Waals surface area contributed by atoms with E-state index in [1.807, 2.05) is 0 Å². The Morgan fingerprint density at radius 1 is 1.26 bits per heavy atom. The quantitative estimate of drug-likeness (QED) is 0.782. The van der Waals surface area contributed by atoms with Gasteiger partial charge in [-0.15, -0.1) is 0 Å². The van der Waals surface area contributed by atoms with E-state index >= 15 is 0 Å². The van der Waals surface area contributed by atoms with Crippen LogP contribution >= 0.6 is 0 Å². The molecule has 0 radical (unpaired) electrons. The normalized spacial score (nSPS) is 22.5. The fraction of sp³-hybridized carbons (Fsp3) is 0.632. The second kappa shape index (κ2) is 9.14. The maximum atomic E-state index is 12.9. The summed E-state index contributed by atoms with van der Waals surface area (Å²) in [5, 5.41) is 2.88. The van der Waals surface area contributed by atoms with Crippen LogP contribution in [0.15, 0.2) is 29.2 Å². The van der Waals surface area contributed by atoms with Gasteiger partial charge in [-0.3, -0.25) is 9.69 Å². The number of carbonyl (C=O) groups is 1. The molecule has 1 unspecified atom stereocenters. The van der Waals surface area contributed by atoms with Gasteiger partial charge in [-0.2, -0.15) is 4.31 Å². The minimum Gasteiger partial charge on any atom is -0.379 e. The van der Waals surface area contributed by atoms with Crippen molar-refractivity contribution < 1.29 is 17.9 Å². The van der Waals surface area contributed by atoms with Crippen molar-refractivity contribution in [3.8, 4) is 0 Å². The number of hydrogen-bond donors (Lipinski definition) is 1. The molecule has 2 aliphatic rings. The zero-order chi connectivity index (χ0) is 19.3. The van der Waals surface area contributed by atoms with Crippen molar-refractivity contribution in [2.75, 3.05) is 52.5 Å². The molecule has 1 atom stereocenters. The maximum absolute atomic E-state index is 12.9. The van der Waals surface area contributed by atoms with Crippen LogP contribution in [0.3, 0.4) is 0 Å². The first-order valence-electron chi connectivity index (χ1n) is 9.65. The van der Waals surface area contributed by atoms with E-state index in [9.17, 15) is 13.2 Å². The number of nitrogens with zero attached hydrogens (tertiary/aromatic N) is 2. The smallest absolute Gasteiger partial charge is 0.251 e. The topological polar surface area (TPSA) is 79.0 Å². The first-order valence-corrected chi connectivity index (χ1v) is 11.1. The standard InChI is InChI=1S/C19H29N3O4S/c1-16-4-3-8-22(15-16)27(24,25)18-6-2-5-17(14-18)19(23)20-7-9-21-10-12-26-13-11-21/h2,5-6,14,16H,3-4,7-13,15H2,1H3,(H,20,23). The molecule has 3 rings (SSSR count). The van der Waals surface area contributed by atoms with Gasteiger partial charge in [-0.1, -0.05) is 13.0 Å². The van der Waals surface area contributed by atoms with Crippen LogP contribution in [0.2, 0.25) is 0 Å². The largest absolute Gasteiger partial charge is 0.379 e. The highest BCUT2D eigenvalue weighted by atomic mass is 32.2. The van der Waals surface area contributed by atoms with E-state index in [1.54, 1.807) is 18.2 Å². The number of nitrogens with one attached hydrogen (secondary N) is 1. The van der Waals surface area contributed by atoms with Crippen molar-refractivity contribution in [1.29, 1.82) is 0 Å². The number of benzene rings is 1. The number of carbonyl (C=O) groups excluding carboxylic acids is 1. The molecule has 1 aromatic rings. The molecule has 2 heterocycles. The molecule has 2 fully saturated rings. The van der Waals surface area contributed by atoms with Crippen molar-refractivity contribution in [2.24, 2.45) is 5.92 Å². The van der Waals surface area contributed by atoms with Crippen LogP contribution in [0, 0.1) is 5.92 Å². The molecule has 0 bridgehead atoms. The highest BCUT2D eigenvalue weighted by molar-refractivity contribution is 7.89. The number of amides is 1. The van der Waals surface area contributed by atoms with Gasteiger partial charge in [0.25, 0.3) is 5.91 Å². The van der Waals surface area contributed by atoms with Crippen LogP contribution < -0.4 is 5.32 Å². The van der Waals surface area contributed by atoms with Gasteiger partial charge in [0.2, 0.25) is 10.0 Å². The predicted octanol–water partition coefficient (Wildman–Crippen LogP) is 1.17. The monoisotopic (exact) mass is 395 g/mol. The second-order valence-corrected chi connectivity index (χ2v) is 9.29. The van der Waals surface area contributed by atoms with Gasteiger partial charge < -0.3 is 10.1 Å². The molecule has 1 aromatic carbocycles. The van der Waals surface area contributed by atoms with Gasteiger partial charge >= 0.3 is 0 Å². The molecule has 7 nitrogen and oxygen atoms in total. The summed E-state index contributed by atoms with van der Waals surface area (Å²) in [6.45, 7) is 7.64. The molecule has 0 spiro atoms. The summed E-state index contributed by atoms with van der Waals surface area (Å²) in [5.74, 6) is 0.118. The third-order valence-electron chi connectivity index (χ3n) is 5.17. The van der Waals surface area contributed by atoms with Crippen molar-refractivity contribution in [3.63, 3.8) is 0 Å². The minimum absolute atomic E-state index is 0.192. The van der Waals surface area contributed by atoms with Crippen molar-refractivity contribution in [2.45, 2.75) is 24.7 Å². The average Bonchev–Trinajstić information content (AvgIpc) is 2.69. The summed E-state index contributed by atoms with van der Waals surface area (Å²) >= 11 is 0. The van der Waals surface area contributed by atoms with Crippen LogP contribution in [0.1, 0.15) is 30.1 Å². The van der Waals surface area contributed by atoms with Gasteiger partial charge in [-0.25, -0.2) is 8.42 Å². The molecule has 27 heavy (non-hydrogen) atoms. The SMILES string of the molecule is CC1CCCN(S(=O)(=O)c2cccc(C(=O)NCCN3CCOCC3)c2)C1. The van der Waals surface area contributed by atoms with E-state index in [0.717, 1.165) is 45.7 Å². The molecular formula is C19H29N3O4S. The lowest BCUT2D eigenvalue weighted by atomic mass is 10.0. The third-order valence-corrected chi connectivity index (χ3v) is 7.03. The summed E-state index contributed by atoms with van der Waals surface area (Å²) in [5.41, 5.74) is 0.378. The molecule has 0 aromatic heterocycles. The number of sulfonamides is 1. The Hall–Kier alpha value is -1.48. The van der Waals surface area contributed by atoms with Crippen LogP contribution in [-0.4, -0.2) is 76.0 Å². The molecule has 1 amide bonds. The molecule has 2 saturated heterocycles. The first-order chi connectivity index (χ1) is 13.0.